The molecule has 0 spiro atoms. The average molecular weight is 409 g/mol. The molecule has 0 atom stereocenters. The lowest BCUT2D eigenvalue weighted by Crippen LogP contribution is -2.25. The van der Waals surface area contributed by atoms with Gasteiger partial charge in [0.15, 0.2) is 5.65 Å². The second kappa shape index (κ2) is 8.73. The number of nitrogens with zero attached hydrogens (tertiary/aromatic N) is 2. The van der Waals surface area contributed by atoms with E-state index in [4.69, 9.17) is 15.5 Å². The van der Waals surface area contributed by atoms with Crippen molar-refractivity contribution in [3.05, 3.63) is 51.9 Å². The van der Waals surface area contributed by atoms with Crippen LogP contribution in [0.3, 0.4) is 0 Å². The fraction of sp³-hybridized carbons (Fsp3) is 0.435. The van der Waals surface area contributed by atoms with Crippen LogP contribution in [-0.4, -0.2) is 27.1 Å². The molecular formula is C23H28N4O3. The van der Waals surface area contributed by atoms with Gasteiger partial charge in [-0.2, -0.15) is 0 Å². The third-order valence-corrected chi connectivity index (χ3v) is 5.82. The second-order valence-corrected chi connectivity index (χ2v) is 7.97. The molecule has 4 rings (SSSR count). The van der Waals surface area contributed by atoms with Crippen LogP contribution < -0.4 is 16.0 Å². The van der Waals surface area contributed by atoms with Crippen LogP contribution in [0.5, 0.6) is 5.75 Å². The minimum Gasteiger partial charge on any atom is -0.494 e. The van der Waals surface area contributed by atoms with Crippen LogP contribution in [-0.2, 0) is 0 Å². The maximum Gasteiger partial charge on any atom is 0.276 e. The van der Waals surface area contributed by atoms with Gasteiger partial charge in [0.1, 0.15) is 11.4 Å². The van der Waals surface area contributed by atoms with Gasteiger partial charge in [-0.25, -0.2) is 9.50 Å². The Kier molecular flexibility index (Phi) is 5.88. The number of hydrogen-bond acceptors (Lipinski definition) is 4. The van der Waals surface area contributed by atoms with Crippen molar-refractivity contribution in [3.63, 3.8) is 0 Å². The Morgan fingerprint density at radius 3 is 2.63 bits per heavy atom. The Morgan fingerprint density at radius 2 is 1.97 bits per heavy atom. The molecule has 0 bridgehead atoms. The van der Waals surface area contributed by atoms with Gasteiger partial charge in [-0.1, -0.05) is 32.6 Å². The largest absolute Gasteiger partial charge is 0.494 e. The minimum atomic E-state index is -0.616. The first-order valence-electron chi connectivity index (χ1n) is 10.8. The molecule has 0 aliphatic heterocycles. The summed E-state index contributed by atoms with van der Waals surface area (Å²) in [7, 11) is 0. The molecule has 1 fully saturated rings. The molecule has 2 aromatic heterocycles. The van der Waals surface area contributed by atoms with E-state index in [9.17, 15) is 9.59 Å². The predicted octanol–water partition coefficient (Wildman–Crippen LogP) is 4.02. The fourth-order valence-electron chi connectivity index (χ4n) is 4.19. The number of unbranched alkanes of at least 4 members (excludes halogenated alkanes) is 1. The van der Waals surface area contributed by atoms with Crippen molar-refractivity contribution in [2.45, 2.75) is 57.8 Å². The molecule has 0 unspecified atom stereocenters. The van der Waals surface area contributed by atoms with Gasteiger partial charge in [0.2, 0.25) is 0 Å². The number of rotatable bonds is 7. The maximum atomic E-state index is 13.4. The Bertz CT molecular complexity index is 1090. The molecule has 1 aliphatic rings. The summed E-state index contributed by atoms with van der Waals surface area (Å²) in [6, 6.07) is 9.28. The van der Waals surface area contributed by atoms with E-state index < -0.39 is 5.91 Å². The molecule has 7 nitrogen and oxygen atoms in total. The molecule has 0 radical (unpaired) electrons. The highest BCUT2D eigenvalue weighted by atomic mass is 16.5. The van der Waals surface area contributed by atoms with E-state index in [1.807, 2.05) is 24.3 Å². The second-order valence-electron chi connectivity index (χ2n) is 7.97. The number of ether oxygens (including phenoxy) is 1. The van der Waals surface area contributed by atoms with Crippen molar-refractivity contribution in [1.29, 1.82) is 0 Å². The Morgan fingerprint density at radius 1 is 1.23 bits per heavy atom. The molecule has 1 saturated carbocycles. The van der Waals surface area contributed by atoms with Crippen molar-refractivity contribution in [3.8, 4) is 17.0 Å². The highest BCUT2D eigenvalue weighted by molar-refractivity contribution is 5.91. The number of benzene rings is 1. The first-order valence-corrected chi connectivity index (χ1v) is 10.8. The number of aromatic amines is 1. The van der Waals surface area contributed by atoms with Crippen LogP contribution >= 0.6 is 0 Å². The standard InChI is InChI=1S/C23H28N4O3/c1-2-3-13-30-17-11-9-16(10-12-17)21-20(15-7-5-4-6-8-15)23(29)27-19(25-21)14-18(26-27)22(24)28/h9-12,14-15,26H,2-8,13H2,1H3,(H2,24,28). The number of amides is 1. The number of primary amides is 1. The molecule has 158 valence electrons. The van der Waals surface area contributed by atoms with Gasteiger partial charge >= 0.3 is 0 Å². The minimum absolute atomic E-state index is 0.155. The topological polar surface area (TPSA) is 102 Å². The van der Waals surface area contributed by atoms with E-state index in [-0.39, 0.29) is 17.2 Å². The van der Waals surface area contributed by atoms with E-state index in [2.05, 4.69) is 12.0 Å². The molecule has 1 aromatic carbocycles. The fourth-order valence-corrected chi connectivity index (χ4v) is 4.19. The summed E-state index contributed by atoms with van der Waals surface area (Å²) in [5.74, 6) is 0.350. The van der Waals surface area contributed by atoms with Gasteiger partial charge in [-0.3, -0.25) is 14.7 Å². The highest BCUT2D eigenvalue weighted by Crippen LogP contribution is 2.36. The Labute approximate surface area is 175 Å². The number of H-pyrrole nitrogens is 1. The molecule has 1 amide bonds. The van der Waals surface area contributed by atoms with Crippen molar-refractivity contribution >= 4 is 11.6 Å². The molecule has 3 N–H and O–H groups in total. The molecule has 2 heterocycles. The molecule has 3 aromatic rings. The highest BCUT2D eigenvalue weighted by Gasteiger charge is 2.25. The van der Waals surface area contributed by atoms with Crippen LogP contribution in [0.4, 0.5) is 0 Å². The smallest absolute Gasteiger partial charge is 0.276 e. The number of nitrogens with two attached hydrogens (primary N) is 1. The Balaban J connectivity index is 1.80. The zero-order valence-electron chi connectivity index (χ0n) is 17.3. The van der Waals surface area contributed by atoms with Crippen LogP contribution in [0.25, 0.3) is 16.9 Å². The molecule has 1 aliphatic carbocycles. The number of carbonyl (C=O) groups is 1. The van der Waals surface area contributed by atoms with Crippen LogP contribution in [0, 0.1) is 0 Å². The average Bonchev–Trinajstić information content (AvgIpc) is 3.20. The first-order chi connectivity index (χ1) is 14.6. The summed E-state index contributed by atoms with van der Waals surface area (Å²) in [4.78, 5) is 29.8. The number of carbonyl (C=O) groups excluding carboxylic acids is 1. The van der Waals surface area contributed by atoms with E-state index in [0.29, 0.717) is 23.5 Å². The number of fused-ring (bicyclic) bond motifs is 1. The number of hydrogen-bond donors (Lipinski definition) is 2. The van der Waals surface area contributed by atoms with E-state index in [1.165, 1.54) is 17.0 Å². The summed E-state index contributed by atoms with van der Waals surface area (Å²) < 4.78 is 7.11. The Hall–Kier alpha value is -3.09. The summed E-state index contributed by atoms with van der Waals surface area (Å²) in [5.41, 5.74) is 8.08. The van der Waals surface area contributed by atoms with Crippen LogP contribution in [0.15, 0.2) is 35.1 Å². The quantitative estimate of drug-likeness (QED) is 0.577. The summed E-state index contributed by atoms with van der Waals surface area (Å²) in [5, 5.41) is 2.81. The van der Waals surface area contributed by atoms with E-state index in [1.54, 1.807) is 0 Å². The zero-order chi connectivity index (χ0) is 21.1. The summed E-state index contributed by atoms with van der Waals surface area (Å²) in [6.07, 6.45) is 7.44. The maximum absolute atomic E-state index is 13.4. The lowest BCUT2D eigenvalue weighted by atomic mass is 9.83. The third kappa shape index (κ3) is 3.97. The SMILES string of the molecule is CCCCOc1ccc(-c2nc3cc(C(N)=O)[nH]n3c(=O)c2C2CCCCC2)cc1. The summed E-state index contributed by atoms with van der Waals surface area (Å²) in [6.45, 7) is 2.82. The molecule has 7 heteroatoms. The number of nitrogens with one attached hydrogen (secondary N) is 1. The normalized spacial score (nSPS) is 14.8. The van der Waals surface area contributed by atoms with Gasteiger partial charge in [0.05, 0.1) is 12.3 Å². The van der Waals surface area contributed by atoms with Crippen LogP contribution in [0.2, 0.25) is 0 Å². The van der Waals surface area contributed by atoms with Gasteiger partial charge in [-0.05, 0) is 49.4 Å². The van der Waals surface area contributed by atoms with Gasteiger partial charge in [0.25, 0.3) is 11.5 Å². The van der Waals surface area contributed by atoms with E-state index >= 15 is 0 Å². The zero-order valence-corrected chi connectivity index (χ0v) is 17.3. The predicted molar refractivity (Wildman–Crippen MR) is 116 cm³/mol. The van der Waals surface area contributed by atoms with Crippen molar-refractivity contribution in [2.75, 3.05) is 6.61 Å². The van der Waals surface area contributed by atoms with E-state index in [0.717, 1.165) is 49.8 Å². The third-order valence-electron chi connectivity index (χ3n) is 5.82. The van der Waals surface area contributed by atoms with Crippen molar-refractivity contribution in [1.82, 2.24) is 14.6 Å². The van der Waals surface area contributed by atoms with Crippen molar-refractivity contribution < 1.29 is 9.53 Å². The lowest BCUT2D eigenvalue weighted by molar-refractivity contribution is 0.0995. The number of aromatic nitrogens is 3. The van der Waals surface area contributed by atoms with Crippen LogP contribution in [0.1, 0.15) is 73.8 Å². The molecule has 30 heavy (non-hydrogen) atoms. The van der Waals surface area contributed by atoms with Gasteiger partial charge in [-0.15, -0.1) is 0 Å². The lowest BCUT2D eigenvalue weighted by Gasteiger charge is -2.23. The first kappa shape index (κ1) is 20.2. The van der Waals surface area contributed by atoms with Gasteiger partial charge in [0, 0.05) is 17.2 Å². The van der Waals surface area contributed by atoms with Gasteiger partial charge < -0.3 is 10.5 Å². The monoisotopic (exact) mass is 408 g/mol. The molecular weight excluding hydrogens is 380 g/mol. The molecule has 0 saturated heterocycles. The summed E-state index contributed by atoms with van der Waals surface area (Å²) >= 11 is 0. The van der Waals surface area contributed by atoms with Crippen molar-refractivity contribution in [2.24, 2.45) is 5.73 Å².